The quantitative estimate of drug-likeness (QED) is 0.356. The molecule has 0 fully saturated rings. The molecule has 0 aliphatic carbocycles. The van der Waals surface area contributed by atoms with Gasteiger partial charge in [-0.1, -0.05) is 0 Å². The van der Waals surface area contributed by atoms with Crippen molar-refractivity contribution in [3.63, 3.8) is 0 Å². The first-order chi connectivity index (χ1) is 0. The van der Waals surface area contributed by atoms with Gasteiger partial charge in [-0.25, -0.2) is 0 Å². The van der Waals surface area contributed by atoms with E-state index in [1.54, 1.807) is 0 Å². The van der Waals surface area contributed by atoms with Crippen molar-refractivity contribution in [2.24, 2.45) is 0 Å². The Kier molecular flexibility index (Phi) is 6560. The maximum Gasteiger partial charge on any atom is 2.00 e. The fourth-order valence-electron chi connectivity index (χ4n) is 0. The van der Waals surface area contributed by atoms with Gasteiger partial charge in [0.25, 0.3) is 0 Å². The van der Waals surface area contributed by atoms with Gasteiger partial charge in [0.05, 0.1) is 0 Å². The van der Waals surface area contributed by atoms with Gasteiger partial charge in [-0.15, -0.1) is 0 Å². The molecule has 0 saturated heterocycles. The van der Waals surface area contributed by atoms with E-state index in [1.807, 2.05) is 0 Å². The third-order valence-corrected chi connectivity index (χ3v) is 0. The summed E-state index contributed by atoms with van der Waals surface area (Å²) in [6.45, 7) is 0. The minimum Gasteiger partial charge on any atom is -2.00 e. The molecule has 6 nitrogen and oxygen atoms in total. The van der Waals surface area contributed by atoms with Crippen molar-refractivity contribution in [3.05, 3.63) is 0 Å². The summed E-state index contributed by atoms with van der Waals surface area (Å²) in [5.74, 6) is 0. The molecule has 0 aliphatic rings. The predicted octanol–water partition coefficient (Wildman–Crippen LogP) is -6.72. The van der Waals surface area contributed by atoms with E-state index in [0.29, 0.717) is 0 Å². The minimum atomic E-state index is 0. The van der Waals surface area contributed by atoms with E-state index < -0.39 is 0 Å². The topological polar surface area (TPSA) is 171 Å². The third kappa shape index (κ3) is 230. The largest absolute Gasteiger partial charge is 2.00 e. The molecule has 0 saturated carbocycles. The summed E-state index contributed by atoms with van der Waals surface area (Å²) in [6, 6.07) is 0. The van der Waals surface area contributed by atoms with Crippen molar-refractivity contribution in [3.8, 4) is 0 Å². The average Bonchev–Trinajstić information content (AvgIpc) is 0. The van der Waals surface area contributed by atoms with Crippen molar-refractivity contribution in [1.82, 2.24) is 0 Å². The first-order valence-electron chi connectivity index (χ1n) is 0. The summed E-state index contributed by atoms with van der Waals surface area (Å²) in [6.07, 6.45) is 0. The van der Waals surface area contributed by atoms with Crippen LogP contribution in [-0.2, 0) is 117 Å². The Morgan fingerprint density at radius 2 is 0.462 bits per heavy atom. The van der Waals surface area contributed by atoms with Crippen molar-refractivity contribution < 1.29 is 155 Å². The Balaban J connectivity index is 0. The molecule has 80 valence electrons. The van der Waals surface area contributed by atoms with Gasteiger partial charge in [0.2, 0.25) is 0 Å². The standard InChI is InChI=1S/Co.2Fe.2Li.Mn.Ni.6O/q3*+2;2*+1;2*+2;6*-2. The summed E-state index contributed by atoms with van der Waals surface area (Å²) in [4.78, 5) is 0. The van der Waals surface area contributed by atoms with E-state index in [1.165, 1.54) is 0 Å². The molecule has 0 aromatic rings. The van der Waals surface area contributed by atoms with Crippen LogP contribution in [0.2, 0.25) is 0 Å². The molecule has 0 bridgehead atoms. The average molecular weight is 394 g/mol. The Hall–Kier alpha value is 3.51. The molecule has 0 atom stereocenters. The molecule has 0 aromatic carbocycles. The van der Waals surface area contributed by atoms with E-state index in [0.717, 1.165) is 0 Å². The summed E-state index contributed by atoms with van der Waals surface area (Å²) >= 11 is 0. The Morgan fingerprint density at radius 3 is 0.462 bits per heavy atom. The molecule has 2 radical (unpaired) electrons. The zero-order chi connectivity index (χ0) is 0. The van der Waals surface area contributed by atoms with Crippen LogP contribution in [0.15, 0.2) is 0 Å². The fraction of sp³-hybridized carbons (Fsp3) is 0. The summed E-state index contributed by atoms with van der Waals surface area (Å²) in [7, 11) is 0. The second-order valence-corrected chi connectivity index (χ2v) is 0. The van der Waals surface area contributed by atoms with Crippen molar-refractivity contribution in [2.45, 2.75) is 0 Å². The Bertz CT molecular complexity index is 28.6. The molecule has 0 aromatic heterocycles. The molecule has 0 unspecified atom stereocenters. The molecule has 0 amide bonds. The molecular weight excluding hydrogens is 394 g/mol. The van der Waals surface area contributed by atoms with E-state index in [9.17, 15) is 0 Å². The van der Waals surface area contributed by atoms with Gasteiger partial charge < -0.3 is 32.9 Å². The van der Waals surface area contributed by atoms with E-state index in [2.05, 4.69) is 0 Å². The molecule has 0 spiro atoms. The Labute approximate surface area is 153 Å². The van der Waals surface area contributed by atoms with Gasteiger partial charge in [0.1, 0.15) is 0 Å². The fourth-order valence-corrected chi connectivity index (χ4v) is 0. The first-order valence-corrected chi connectivity index (χ1v) is 0. The molecular formula is CoFe2Li2MnNiO6. The van der Waals surface area contributed by atoms with Gasteiger partial charge in [-0.05, 0) is 0 Å². The van der Waals surface area contributed by atoms with E-state index in [4.69, 9.17) is 0 Å². The van der Waals surface area contributed by atoms with Crippen LogP contribution in [0.3, 0.4) is 0 Å². The molecule has 13 heteroatoms. The first kappa shape index (κ1) is 322. The van der Waals surface area contributed by atoms with Crippen LogP contribution in [0.25, 0.3) is 0 Å². The second-order valence-electron chi connectivity index (χ2n) is 0. The monoisotopic (exact) mass is 394 g/mol. The third-order valence-electron chi connectivity index (χ3n) is 0. The van der Waals surface area contributed by atoms with Crippen LogP contribution >= 0.6 is 0 Å². The van der Waals surface area contributed by atoms with Gasteiger partial charge in [-0.3, -0.25) is 0 Å². The SMILES string of the molecule is [Co+2].[Fe+2].[Fe+2].[Li+].[Li+].[Mn+2].[Ni+2].[O-2].[O-2].[O-2].[O-2].[O-2].[O-2]. The van der Waals surface area contributed by atoms with Gasteiger partial charge in [0.15, 0.2) is 0 Å². The number of rotatable bonds is 0. The maximum absolute atomic E-state index is 0. The van der Waals surface area contributed by atoms with Crippen LogP contribution < -0.4 is 37.7 Å². The van der Waals surface area contributed by atoms with Crippen LogP contribution in [-0.4, -0.2) is 0 Å². The normalized spacial score (nSPS) is 0. The van der Waals surface area contributed by atoms with Gasteiger partial charge >= 0.3 is 122 Å². The van der Waals surface area contributed by atoms with Crippen LogP contribution in [0.5, 0.6) is 0 Å². The van der Waals surface area contributed by atoms with Crippen LogP contribution in [0.4, 0.5) is 0 Å². The van der Waals surface area contributed by atoms with Crippen molar-refractivity contribution in [2.75, 3.05) is 0 Å². The van der Waals surface area contributed by atoms with Crippen LogP contribution in [0.1, 0.15) is 0 Å². The predicted molar refractivity (Wildman–Crippen MR) is 4.12 cm³/mol. The molecule has 0 aliphatic heterocycles. The number of hydrogen-bond donors (Lipinski definition) is 0. The zero-order valence-electron chi connectivity index (χ0n) is 6.18. The molecule has 0 rings (SSSR count). The van der Waals surface area contributed by atoms with Gasteiger partial charge in [-0.2, -0.15) is 0 Å². The van der Waals surface area contributed by atoms with Crippen LogP contribution in [0, 0.1) is 0 Å². The smallest absolute Gasteiger partial charge is 2.00 e. The maximum atomic E-state index is 0. The van der Waals surface area contributed by atoms with Gasteiger partial charge in [0, 0.05) is 0 Å². The van der Waals surface area contributed by atoms with E-state index >= 15 is 0 Å². The molecule has 0 N–H and O–H groups in total. The Morgan fingerprint density at radius 1 is 0.462 bits per heavy atom. The van der Waals surface area contributed by atoms with Crippen molar-refractivity contribution in [1.29, 1.82) is 0 Å². The second kappa shape index (κ2) is 265. The zero-order valence-corrected chi connectivity index (χ0v) is 11.6. The minimum absolute atomic E-state index is 0. The number of hydrogen-bond acceptors (Lipinski definition) is 0. The molecule has 13 heavy (non-hydrogen) atoms. The van der Waals surface area contributed by atoms with E-state index in [-0.39, 0.29) is 155 Å². The molecule has 0 heterocycles. The summed E-state index contributed by atoms with van der Waals surface area (Å²) in [5.41, 5.74) is 0. The summed E-state index contributed by atoms with van der Waals surface area (Å²) < 4.78 is 0. The summed E-state index contributed by atoms with van der Waals surface area (Å²) in [5, 5.41) is 0. The van der Waals surface area contributed by atoms with Crippen molar-refractivity contribution >= 4 is 0 Å².